The van der Waals surface area contributed by atoms with Crippen LogP contribution < -0.4 is 9.88 Å². The fourth-order valence-electron chi connectivity index (χ4n) is 2.40. The first kappa shape index (κ1) is 16.2. The molecule has 4 nitrogen and oxygen atoms in total. The number of fused-ring (bicyclic) bond motifs is 2. The molecule has 2 N–H and O–H groups in total. The van der Waals surface area contributed by atoms with Crippen molar-refractivity contribution in [1.29, 1.82) is 0 Å². The lowest BCUT2D eigenvalue weighted by molar-refractivity contribution is -0.655. The van der Waals surface area contributed by atoms with Gasteiger partial charge in [0.05, 0.1) is 16.8 Å². The topological polar surface area (TPSA) is 53.2 Å². The number of benzene rings is 1. The molecule has 24 heavy (non-hydrogen) atoms. The summed E-state index contributed by atoms with van der Waals surface area (Å²) in [7, 11) is 0. The molecule has 0 unspecified atom stereocenters. The second-order valence-corrected chi connectivity index (χ2v) is 9.26. The number of carbonyl (C=O) groups is 1. The lowest BCUT2D eigenvalue weighted by atomic mass is 10.3. The van der Waals surface area contributed by atoms with Gasteiger partial charge in [-0.05, 0) is 24.3 Å². The summed E-state index contributed by atoms with van der Waals surface area (Å²) in [6, 6.07) is 7.57. The average molecular weight is 416 g/mol. The number of thioether (sulfide) groups is 1. The maximum Gasteiger partial charge on any atom is 0.370 e. The molecule has 0 radical (unpaired) electrons. The Balaban J connectivity index is 1.74. The number of nitrogens with zero attached hydrogens (tertiary/aromatic N) is 1. The Morgan fingerprint density at radius 1 is 1.29 bits per heavy atom. The van der Waals surface area contributed by atoms with E-state index >= 15 is 0 Å². The maximum atomic E-state index is 11.2. The molecule has 2 aromatic heterocycles. The lowest BCUT2D eigenvalue weighted by Gasteiger charge is -1.98. The van der Waals surface area contributed by atoms with Crippen LogP contribution in [-0.2, 0) is 11.3 Å². The normalized spacial score (nSPS) is 15.0. The van der Waals surface area contributed by atoms with Crippen molar-refractivity contribution in [1.82, 2.24) is 0 Å². The number of thiazole rings is 1. The van der Waals surface area contributed by atoms with Gasteiger partial charge in [0.1, 0.15) is 9.04 Å². The van der Waals surface area contributed by atoms with Crippen LogP contribution in [0.15, 0.2) is 34.2 Å². The van der Waals surface area contributed by atoms with Gasteiger partial charge >= 0.3 is 5.97 Å². The number of thiophene rings is 1. The molecule has 1 aliphatic heterocycles. The highest BCUT2D eigenvalue weighted by Gasteiger charge is 2.26. The Kier molecular flexibility index (Phi) is 4.22. The maximum absolute atomic E-state index is 11.2. The number of rotatable bonds is 3. The standard InChI is InChI=1S/C15H8Cl2N2O2S3/c16-7-1-2-9-8(3-7)18-12(22-9)5-13-19(6-14(20)21)15-10(23-13)4-11(17)24-15/h1-5H,6H2,(H,20,21)/p+1. The van der Waals surface area contributed by atoms with Crippen molar-refractivity contribution in [3.05, 3.63) is 43.7 Å². The summed E-state index contributed by atoms with van der Waals surface area (Å²) in [5.74, 6) is -0.883. The van der Waals surface area contributed by atoms with Crippen molar-refractivity contribution < 1.29 is 14.5 Å². The molecule has 0 spiro atoms. The Labute approximate surface area is 159 Å². The summed E-state index contributed by atoms with van der Waals surface area (Å²) < 4.78 is 3.43. The third kappa shape index (κ3) is 3.02. The van der Waals surface area contributed by atoms with Gasteiger partial charge in [-0.15, -0.1) is 0 Å². The third-order valence-electron chi connectivity index (χ3n) is 3.34. The van der Waals surface area contributed by atoms with Crippen LogP contribution in [0.25, 0.3) is 15.6 Å². The molecule has 0 bridgehead atoms. The number of hydrogen-bond donors (Lipinski definition) is 2. The van der Waals surface area contributed by atoms with Crippen molar-refractivity contribution in [2.45, 2.75) is 11.4 Å². The predicted molar refractivity (Wildman–Crippen MR) is 101 cm³/mol. The van der Waals surface area contributed by atoms with E-state index in [1.165, 1.54) is 22.7 Å². The smallest absolute Gasteiger partial charge is 0.370 e. The second-order valence-electron chi connectivity index (χ2n) is 5.02. The van der Waals surface area contributed by atoms with E-state index < -0.39 is 5.97 Å². The van der Waals surface area contributed by atoms with Gasteiger partial charge in [0.25, 0.3) is 9.84 Å². The summed E-state index contributed by atoms with van der Waals surface area (Å²) in [5, 5.41) is 15.0. The first-order chi connectivity index (χ1) is 11.5. The van der Waals surface area contributed by atoms with Gasteiger partial charge in [-0.2, -0.15) is 4.57 Å². The fraction of sp³-hybridized carbons (Fsp3) is 0.0667. The molecule has 9 heteroatoms. The minimum Gasteiger partial charge on any atom is -0.477 e. The predicted octanol–water partition coefficient (Wildman–Crippen LogP) is 5.16. The largest absolute Gasteiger partial charge is 0.477 e. The number of carboxylic acid groups (broad SMARTS) is 1. The van der Waals surface area contributed by atoms with Crippen molar-refractivity contribution in [2.24, 2.45) is 0 Å². The molecule has 4 rings (SSSR count). The van der Waals surface area contributed by atoms with Crippen molar-refractivity contribution >= 4 is 84.9 Å². The van der Waals surface area contributed by atoms with E-state index in [0.29, 0.717) is 9.36 Å². The molecule has 0 amide bonds. The Bertz CT molecular complexity index is 1010. The SMILES string of the molecule is O=C(O)C[n+]1c(/C=C2/Nc3cc(Cl)ccc3S2)sc2cc(Cl)sc21. The van der Waals surface area contributed by atoms with Gasteiger partial charge in [0.2, 0.25) is 6.54 Å². The van der Waals surface area contributed by atoms with Gasteiger partial charge in [0.15, 0.2) is 0 Å². The van der Waals surface area contributed by atoms with Crippen LogP contribution in [0.4, 0.5) is 5.69 Å². The van der Waals surface area contributed by atoms with Gasteiger partial charge in [0, 0.05) is 9.92 Å². The van der Waals surface area contributed by atoms with Crippen LogP contribution in [0.3, 0.4) is 0 Å². The summed E-state index contributed by atoms with van der Waals surface area (Å²) in [6.07, 6.45) is 1.97. The molecule has 122 valence electrons. The molecule has 1 aromatic carbocycles. The molecule has 1 aliphatic rings. The number of anilines is 1. The second kappa shape index (κ2) is 6.24. The van der Waals surface area contributed by atoms with E-state index in [4.69, 9.17) is 23.2 Å². The third-order valence-corrected chi connectivity index (χ3v) is 7.09. The van der Waals surface area contributed by atoms with Gasteiger partial charge in [-0.25, -0.2) is 4.79 Å². The van der Waals surface area contributed by atoms with Crippen molar-refractivity contribution in [3.63, 3.8) is 0 Å². The highest BCUT2D eigenvalue weighted by Crippen LogP contribution is 2.43. The van der Waals surface area contributed by atoms with E-state index in [-0.39, 0.29) is 6.54 Å². The number of aliphatic carboxylic acids is 1. The Morgan fingerprint density at radius 2 is 2.12 bits per heavy atom. The number of aromatic nitrogens is 1. The van der Waals surface area contributed by atoms with Crippen LogP contribution in [0.2, 0.25) is 9.36 Å². The Morgan fingerprint density at radius 3 is 2.92 bits per heavy atom. The fourth-order valence-corrected chi connectivity index (χ4v) is 6.18. The molecule has 0 saturated heterocycles. The van der Waals surface area contributed by atoms with Crippen LogP contribution in [0.5, 0.6) is 0 Å². The highest BCUT2D eigenvalue weighted by atomic mass is 35.5. The van der Waals surface area contributed by atoms with E-state index in [9.17, 15) is 9.90 Å². The summed E-state index contributed by atoms with van der Waals surface area (Å²) in [5.41, 5.74) is 0.963. The van der Waals surface area contributed by atoms with Crippen LogP contribution >= 0.6 is 57.6 Å². The van der Waals surface area contributed by atoms with Crippen LogP contribution in [0.1, 0.15) is 5.01 Å². The number of halogens is 2. The summed E-state index contributed by atoms with van der Waals surface area (Å²) >= 11 is 16.6. The molecular weight excluding hydrogens is 407 g/mol. The summed E-state index contributed by atoms with van der Waals surface area (Å²) in [6.45, 7) is -0.0978. The quantitative estimate of drug-likeness (QED) is 0.580. The molecule has 0 atom stereocenters. The first-order valence-corrected chi connectivity index (χ1v) is 10.00. The van der Waals surface area contributed by atoms with E-state index in [0.717, 1.165) is 30.1 Å². The van der Waals surface area contributed by atoms with E-state index in [1.807, 2.05) is 30.3 Å². The molecule has 3 aromatic rings. The van der Waals surface area contributed by atoms with Gasteiger partial charge in [-0.3, -0.25) is 0 Å². The number of hydrogen-bond acceptors (Lipinski definition) is 5. The zero-order chi connectivity index (χ0) is 16.8. The van der Waals surface area contributed by atoms with Gasteiger partial charge < -0.3 is 10.4 Å². The van der Waals surface area contributed by atoms with Crippen LogP contribution in [0, 0.1) is 0 Å². The number of carboxylic acids is 1. The summed E-state index contributed by atoms with van der Waals surface area (Å²) in [4.78, 5) is 13.2. The van der Waals surface area contributed by atoms with E-state index in [1.54, 1.807) is 16.3 Å². The van der Waals surface area contributed by atoms with Gasteiger partial charge in [-0.1, -0.05) is 57.6 Å². The van der Waals surface area contributed by atoms with Crippen LogP contribution in [-0.4, -0.2) is 11.1 Å². The zero-order valence-electron chi connectivity index (χ0n) is 11.9. The average Bonchev–Trinajstić information content (AvgIpc) is 3.13. The van der Waals surface area contributed by atoms with E-state index in [2.05, 4.69) is 5.32 Å². The molecule has 0 fully saturated rings. The molecule has 0 aliphatic carbocycles. The minimum absolute atomic E-state index is 0.0978. The number of nitrogens with one attached hydrogen (secondary N) is 1. The van der Waals surface area contributed by atoms with Crippen molar-refractivity contribution in [3.8, 4) is 0 Å². The monoisotopic (exact) mass is 415 g/mol. The zero-order valence-corrected chi connectivity index (χ0v) is 15.8. The highest BCUT2D eigenvalue weighted by molar-refractivity contribution is 8.03. The Hall–Kier alpha value is -1.25. The lowest BCUT2D eigenvalue weighted by Crippen LogP contribution is -2.38. The minimum atomic E-state index is -0.883. The first-order valence-electron chi connectivity index (χ1n) is 6.79. The van der Waals surface area contributed by atoms with Crippen molar-refractivity contribution in [2.75, 3.05) is 5.32 Å². The molecule has 3 heterocycles. The molecular formula is C15H9Cl2N2O2S3+. The molecule has 0 saturated carbocycles.